The predicted octanol–water partition coefficient (Wildman–Crippen LogP) is 3.27. The third kappa shape index (κ3) is 4.16. The Labute approximate surface area is 178 Å². The molecule has 3 rings (SSSR count). The number of halogens is 1. The van der Waals surface area contributed by atoms with Gasteiger partial charge in [0.05, 0.1) is 10.2 Å². The SMILES string of the molecule is N#CC(C(N)=O)=C1SC(Cc2ccccc2[N+](=O)[O-])C(=O)N1c1ccc(Br)cc1. The van der Waals surface area contributed by atoms with Crippen molar-refractivity contribution in [3.8, 4) is 6.07 Å². The molecular formula is C19H13BrN4O4S. The lowest BCUT2D eigenvalue weighted by molar-refractivity contribution is -0.385. The molecule has 10 heteroatoms. The number of nitrogens with two attached hydrogens (primary N) is 1. The molecule has 1 aliphatic heterocycles. The zero-order valence-electron chi connectivity index (χ0n) is 14.7. The van der Waals surface area contributed by atoms with Gasteiger partial charge in [-0.2, -0.15) is 5.26 Å². The fourth-order valence-electron chi connectivity index (χ4n) is 2.89. The highest BCUT2D eigenvalue weighted by Crippen LogP contribution is 2.42. The number of carbonyl (C=O) groups excluding carboxylic acids is 2. The Balaban J connectivity index is 2.06. The maximum absolute atomic E-state index is 13.2. The number of hydrogen-bond acceptors (Lipinski definition) is 6. The van der Waals surface area contributed by atoms with Crippen molar-refractivity contribution in [3.05, 3.63) is 79.3 Å². The molecule has 0 aromatic heterocycles. The minimum absolute atomic E-state index is 0.0641. The van der Waals surface area contributed by atoms with Crippen LogP contribution in [0.15, 0.2) is 63.6 Å². The fourth-order valence-corrected chi connectivity index (χ4v) is 4.45. The van der Waals surface area contributed by atoms with Crippen LogP contribution in [0.4, 0.5) is 11.4 Å². The van der Waals surface area contributed by atoms with Gasteiger partial charge in [-0.25, -0.2) is 0 Å². The third-order valence-corrected chi connectivity index (χ3v) is 5.99. The summed E-state index contributed by atoms with van der Waals surface area (Å²) in [7, 11) is 0. The van der Waals surface area contributed by atoms with Crippen LogP contribution in [0.3, 0.4) is 0 Å². The largest absolute Gasteiger partial charge is 0.365 e. The van der Waals surface area contributed by atoms with Crippen molar-refractivity contribution in [3.63, 3.8) is 0 Å². The van der Waals surface area contributed by atoms with E-state index in [9.17, 15) is 25.0 Å². The molecule has 1 aliphatic rings. The molecule has 2 amide bonds. The van der Waals surface area contributed by atoms with Gasteiger partial charge < -0.3 is 5.73 Å². The fraction of sp³-hybridized carbons (Fsp3) is 0.105. The number of para-hydroxylation sites is 1. The summed E-state index contributed by atoms with van der Waals surface area (Å²) in [5.74, 6) is -1.34. The Morgan fingerprint density at radius 2 is 1.93 bits per heavy atom. The van der Waals surface area contributed by atoms with Crippen LogP contribution < -0.4 is 10.6 Å². The Morgan fingerprint density at radius 1 is 1.28 bits per heavy atom. The molecule has 2 aromatic rings. The topological polar surface area (TPSA) is 130 Å². The number of benzene rings is 2. The monoisotopic (exact) mass is 472 g/mol. The summed E-state index contributed by atoms with van der Waals surface area (Å²) in [6.07, 6.45) is 0.0641. The van der Waals surface area contributed by atoms with Crippen LogP contribution in [0, 0.1) is 21.4 Å². The number of nitro groups is 1. The summed E-state index contributed by atoms with van der Waals surface area (Å²) in [5.41, 5.74) is 5.75. The molecule has 0 aliphatic carbocycles. The third-order valence-electron chi connectivity index (χ3n) is 4.20. The minimum Gasteiger partial charge on any atom is -0.365 e. The van der Waals surface area contributed by atoms with E-state index >= 15 is 0 Å². The van der Waals surface area contributed by atoms with Gasteiger partial charge in [-0.1, -0.05) is 45.9 Å². The summed E-state index contributed by atoms with van der Waals surface area (Å²) in [5, 5.41) is 20.0. The van der Waals surface area contributed by atoms with Crippen molar-refractivity contribution < 1.29 is 14.5 Å². The number of hydrogen-bond donors (Lipinski definition) is 1. The summed E-state index contributed by atoms with van der Waals surface area (Å²) >= 11 is 4.32. The first kappa shape index (κ1) is 20.6. The van der Waals surface area contributed by atoms with Crippen molar-refractivity contribution in [2.24, 2.45) is 5.73 Å². The molecule has 29 heavy (non-hydrogen) atoms. The van der Waals surface area contributed by atoms with Gasteiger partial charge >= 0.3 is 0 Å². The maximum atomic E-state index is 13.2. The Bertz CT molecular complexity index is 1080. The van der Waals surface area contributed by atoms with Crippen LogP contribution in [-0.2, 0) is 16.0 Å². The molecule has 0 saturated carbocycles. The number of rotatable bonds is 5. The second kappa shape index (κ2) is 8.46. The molecule has 2 N–H and O–H groups in total. The average molecular weight is 473 g/mol. The molecule has 0 spiro atoms. The molecule has 1 unspecified atom stereocenters. The van der Waals surface area contributed by atoms with Crippen LogP contribution in [0.2, 0.25) is 0 Å². The highest BCUT2D eigenvalue weighted by molar-refractivity contribution is 9.10. The smallest absolute Gasteiger partial charge is 0.272 e. The molecule has 0 radical (unpaired) electrons. The Morgan fingerprint density at radius 3 is 2.52 bits per heavy atom. The minimum atomic E-state index is -0.948. The van der Waals surface area contributed by atoms with E-state index in [1.165, 1.54) is 11.0 Å². The van der Waals surface area contributed by atoms with E-state index in [-0.39, 0.29) is 28.6 Å². The van der Waals surface area contributed by atoms with Crippen LogP contribution in [0.5, 0.6) is 0 Å². The number of thioether (sulfide) groups is 1. The molecule has 1 saturated heterocycles. The highest BCUT2D eigenvalue weighted by Gasteiger charge is 2.41. The molecule has 146 valence electrons. The molecule has 8 nitrogen and oxygen atoms in total. The van der Waals surface area contributed by atoms with Crippen molar-refractivity contribution in [1.82, 2.24) is 0 Å². The number of carbonyl (C=O) groups is 2. The number of amides is 2. The molecule has 2 aromatic carbocycles. The zero-order valence-corrected chi connectivity index (χ0v) is 17.1. The van der Waals surface area contributed by atoms with Gasteiger partial charge in [0.1, 0.15) is 16.7 Å². The first-order valence-corrected chi connectivity index (χ1v) is 9.93. The van der Waals surface area contributed by atoms with E-state index in [4.69, 9.17) is 5.73 Å². The van der Waals surface area contributed by atoms with E-state index in [0.29, 0.717) is 11.3 Å². The van der Waals surface area contributed by atoms with Crippen molar-refractivity contribution >= 4 is 50.9 Å². The zero-order chi connectivity index (χ0) is 21.1. The lowest BCUT2D eigenvalue weighted by Crippen LogP contribution is -2.31. The van der Waals surface area contributed by atoms with Gasteiger partial charge in [0.2, 0.25) is 5.91 Å². The van der Waals surface area contributed by atoms with Crippen molar-refractivity contribution in [2.75, 3.05) is 4.90 Å². The van der Waals surface area contributed by atoms with E-state index in [0.717, 1.165) is 16.2 Å². The summed E-state index contributed by atoms with van der Waals surface area (Å²) in [6.45, 7) is 0. The van der Waals surface area contributed by atoms with E-state index in [2.05, 4.69) is 15.9 Å². The molecule has 0 bridgehead atoms. The molecular weight excluding hydrogens is 460 g/mol. The second-order valence-electron chi connectivity index (χ2n) is 6.00. The summed E-state index contributed by atoms with van der Waals surface area (Å²) < 4.78 is 0.790. The van der Waals surface area contributed by atoms with E-state index < -0.39 is 16.1 Å². The Kier molecular flexibility index (Phi) is 6.00. The normalized spacial score (nSPS) is 17.7. The van der Waals surface area contributed by atoms with Gasteiger partial charge in [0.25, 0.3) is 11.6 Å². The van der Waals surface area contributed by atoms with Gasteiger partial charge in [-0.3, -0.25) is 24.6 Å². The molecule has 1 fully saturated rings. The molecule has 1 atom stereocenters. The van der Waals surface area contributed by atoms with Gasteiger partial charge in [-0.05, 0) is 24.3 Å². The van der Waals surface area contributed by atoms with Gasteiger partial charge in [0.15, 0.2) is 0 Å². The maximum Gasteiger partial charge on any atom is 0.272 e. The van der Waals surface area contributed by atoms with Crippen LogP contribution >= 0.6 is 27.7 Å². The number of nitriles is 1. The van der Waals surface area contributed by atoms with Crippen molar-refractivity contribution in [1.29, 1.82) is 5.26 Å². The quantitative estimate of drug-likeness (QED) is 0.307. The lowest BCUT2D eigenvalue weighted by atomic mass is 10.1. The number of anilines is 1. The number of primary amides is 1. The van der Waals surface area contributed by atoms with Crippen molar-refractivity contribution in [2.45, 2.75) is 11.7 Å². The Hall–Kier alpha value is -3.16. The number of nitro benzene ring substituents is 1. The second-order valence-corrected chi connectivity index (χ2v) is 8.11. The van der Waals surface area contributed by atoms with Crippen LogP contribution in [-0.4, -0.2) is 22.0 Å². The highest BCUT2D eigenvalue weighted by atomic mass is 79.9. The van der Waals surface area contributed by atoms with Gasteiger partial charge in [-0.15, -0.1) is 0 Å². The van der Waals surface area contributed by atoms with Crippen LogP contribution in [0.25, 0.3) is 0 Å². The molecule has 1 heterocycles. The van der Waals surface area contributed by atoms with Crippen LogP contribution in [0.1, 0.15) is 5.56 Å². The first-order valence-electron chi connectivity index (χ1n) is 8.26. The average Bonchev–Trinajstić information content (AvgIpc) is 2.99. The predicted molar refractivity (Wildman–Crippen MR) is 112 cm³/mol. The van der Waals surface area contributed by atoms with E-state index in [1.807, 2.05) is 0 Å². The lowest BCUT2D eigenvalue weighted by Gasteiger charge is -2.18. The summed E-state index contributed by atoms with van der Waals surface area (Å²) in [4.78, 5) is 37.0. The number of nitrogens with zero attached hydrogens (tertiary/aromatic N) is 3. The van der Waals surface area contributed by atoms with E-state index in [1.54, 1.807) is 48.5 Å². The first-order chi connectivity index (χ1) is 13.8. The standard InChI is InChI=1S/C19H13BrN4O4S/c20-12-5-7-13(8-6-12)23-18(26)16(29-19(23)14(10-21)17(22)25)9-11-3-1-2-4-15(11)24(27)28/h1-8,16H,9H2,(H2,22,25). The van der Waals surface area contributed by atoms with Gasteiger partial charge in [0, 0.05) is 28.2 Å². The summed E-state index contributed by atoms with van der Waals surface area (Å²) in [6, 6.07) is 14.7.